The van der Waals surface area contributed by atoms with Crippen LogP contribution in [0, 0.1) is 12.7 Å². The number of aryl methyl sites for hydroxylation is 1. The Morgan fingerprint density at radius 3 is 2.14 bits per heavy atom. The number of nitrogens with zero attached hydrogens (tertiary/aromatic N) is 3. The summed E-state index contributed by atoms with van der Waals surface area (Å²) in [7, 11) is 3.67. The van der Waals surface area contributed by atoms with Gasteiger partial charge >= 0.3 is 12.6 Å². The normalized spacial score (nSPS) is 15.8. The van der Waals surface area contributed by atoms with E-state index in [4.69, 9.17) is 23.9 Å². The molecule has 2 aromatic carbocycles. The highest BCUT2D eigenvalue weighted by molar-refractivity contribution is 6.14. The van der Waals surface area contributed by atoms with Gasteiger partial charge in [-0.3, -0.25) is 52.8 Å². The predicted molar refractivity (Wildman–Crippen MR) is 310 cm³/mol. The van der Waals surface area contributed by atoms with Crippen LogP contribution in [0.4, 0.5) is 17.6 Å². The van der Waals surface area contributed by atoms with Gasteiger partial charge in [0, 0.05) is 42.7 Å². The highest BCUT2D eigenvalue weighted by Gasteiger charge is 2.38. The van der Waals surface area contributed by atoms with E-state index in [0.717, 1.165) is 30.7 Å². The molecule has 4 aliphatic rings. The van der Waals surface area contributed by atoms with Gasteiger partial charge in [0.05, 0.1) is 78.4 Å². The molecule has 0 fully saturated rings. The van der Waals surface area contributed by atoms with Crippen molar-refractivity contribution in [2.75, 3.05) is 66.8 Å². The van der Waals surface area contributed by atoms with Crippen molar-refractivity contribution in [2.24, 2.45) is 0 Å². The molecule has 0 spiro atoms. The van der Waals surface area contributed by atoms with Gasteiger partial charge in [0.25, 0.3) is 17.4 Å². The van der Waals surface area contributed by atoms with Crippen LogP contribution >= 0.6 is 0 Å². The van der Waals surface area contributed by atoms with Crippen LogP contribution in [0.25, 0.3) is 22.3 Å². The molecule has 24 nitrogen and oxygen atoms in total. The fourth-order valence-electron chi connectivity index (χ4n) is 10.0. The number of methoxy groups -OCH3 is 1. The van der Waals surface area contributed by atoms with Crippen LogP contribution in [0.15, 0.2) is 59.4 Å². The molecular weight excluding hydrogens is 1160 g/mol. The predicted octanol–water partition coefficient (Wildman–Crippen LogP) is 2.61. The highest BCUT2D eigenvalue weighted by Crippen LogP contribution is 2.45. The van der Waals surface area contributed by atoms with E-state index in [9.17, 15) is 61.1 Å². The quantitative estimate of drug-likeness (QED) is 0.0145. The Morgan fingerprint density at radius 2 is 1.48 bits per heavy atom. The number of benzene rings is 2. The van der Waals surface area contributed by atoms with E-state index in [1.807, 2.05) is 27.8 Å². The minimum atomic E-state index is -3.67. The standard InChI is InChI=1S/C48H48FN9O12.C11H25NO2.CHF3/c1-3-26-28-14-35-45-29(19-57(35)47(67)30(28)21-70-48(26)68)44-32(10-9-27-24(2)31(49)15-33(56-45)43(27)44)54-40(63)22-69-23-53-37(60)17-52-46(66)34(13-25-7-5-4-6-8-25)55-38(61)18-50-36(59)16-51-39(62)20-58-41(64)11-12-42(58)65;1-10(2,7-8-12-5)14-9-11(3,4)13-6;2-1(3)4/h4-8,11-12,14-15,26,32,34H,3,9-10,13,16-23H2,1-2H3,(H,50,59)(H,51,62)(H,52,66)(H,53,60)(H,54,63)(H,55,61);12H,7-9H2,1-6H3;1H. The lowest BCUT2D eigenvalue weighted by atomic mass is 9.81. The lowest BCUT2D eigenvalue weighted by Gasteiger charge is -2.31. The number of fused-ring (bicyclic) bond motifs is 5. The smallest absolute Gasteiger partial charge is 0.379 e. The van der Waals surface area contributed by atoms with Gasteiger partial charge in [0.1, 0.15) is 38.3 Å². The summed E-state index contributed by atoms with van der Waals surface area (Å²) in [5.74, 6) is -7.03. The fourth-order valence-corrected chi connectivity index (χ4v) is 10.0. The summed E-state index contributed by atoms with van der Waals surface area (Å²) in [4.78, 5) is 132. The van der Waals surface area contributed by atoms with Crippen LogP contribution in [0.3, 0.4) is 0 Å². The highest BCUT2D eigenvalue weighted by atomic mass is 19.4. The minimum Gasteiger partial charge on any atom is -0.460 e. The Morgan fingerprint density at radius 1 is 0.830 bits per heavy atom. The number of hydrogen-bond acceptors (Lipinski definition) is 16. The van der Waals surface area contributed by atoms with Crippen molar-refractivity contribution in [3.63, 3.8) is 0 Å². The first-order valence-corrected chi connectivity index (χ1v) is 28.3. The van der Waals surface area contributed by atoms with Crippen LogP contribution in [-0.2, 0) is 88.1 Å². The SMILES string of the molecule is CCC1C(=O)OCc2c1cc1n(c2=O)Cc2c-1nc1cc(F)c(C)c3c1c2C(NC(=O)COCNC(=O)CNC(=O)C(Cc1ccccc1)NC(=O)CNC(=O)CNC(=O)CN1C(=O)C=CC1=O)CC3.CNCCC(C)(C)OCC(C)(C)OC.FC(F)F. The third-order valence-electron chi connectivity index (χ3n) is 14.9. The second-order valence-corrected chi connectivity index (χ2v) is 22.2. The maximum atomic E-state index is 15.3. The zero-order valence-corrected chi connectivity index (χ0v) is 50.2. The summed E-state index contributed by atoms with van der Waals surface area (Å²) in [6.45, 7) is 6.58. The number of cyclic esters (lactones) is 1. The number of alkyl halides is 3. The first kappa shape index (κ1) is 68.6. The molecule has 0 radical (unpaired) electrons. The molecule has 8 amide bonds. The van der Waals surface area contributed by atoms with Crippen molar-refractivity contribution in [3.05, 3.63) is 110 Å². The summed E-state index contributed by atoms with van der Waals surface area (Å²) in [6, 6.07) is 10.1. The van der Waals surface area contributed by atoms with Crippen LogP contribution in [-0.4, -0.2) is 158 Å². The lowest BCUT2D eigenvalue weighted by Crippen LogP contribution is -2.52. The average Bonchev–Trinajstić information content (AvgIpc) is 1.47. The molecule has 88 heavy (non-hydrogen) atoms. The van der Waals surface area contributed by atoms with Gasteiger partial charge in [-0.15, -0.1) is 0 Å². The average molecular weight is 1240 g/mol. The Balaban J connectivity index is 0.000000596. The summed E-state index contributed by atoms with van der Waals surface area (Å²) < 4.78 is 67.8. The molecule has 0 saturated heterocycles. The number of ether oxygens (including phenoxy) is 4. The van der Waals surface area contributed by atoms with Gasteiger partial charge in [0.2, 0.25) is 35.4 Å². The summed E-state index contributed by atoms with van der Waals surface area (Å²) in [6.07, 6.45) is 4.31. The maximum absolute atomic E-state index is 15.3. The Labute approximate surface area is 504 Å². The molecule has 3 aliphatic heterocycles. The number of carbonyl (C=O) groups is 9. The van der Waals surface area contributed by atoms with Crippen molar-refractivity contribution in [3.8, 4) is 11.4 Å². The van der Waals surface area contributed by atoms with E-state index in [2.05, 4.69) is 51.1 Å². The van der Waals surface area contributed by atoms with E-state index in [1.165, 1.54) is 6.07 Å². The molecule has 3 atom stereocenters. The molecule has 28 heteroatoms. The number of rotatable bonds is 25. The molecule has 2 aromatic heterocycles. The van der Waals surface area contributed by atoms with E-state index >= 15 is 4.39 Å². The number of aromatic nitrogens is 2. The molecule has 5 heterocycles. The fraction of sp³-hybridized carbons (Fsp3) is 0.483. The Hall–Kier alpha value is -8.47. The number of nitrogens with one attached hydrogen (secondary N) is 7. The molecule has 476 valence electrons. The second-order valence-electron chi connectivity index (χ2n) is 22.2. The van der Waals surface area contributed by atoms with E-state index < -0.39 is 123 Å². The van der Waals surface area contributed by atoms with Crippen molar-refractivity contribution >= 4 is 64.1 Å². The number of hydrogen-bond donors (Lipinski definition) is 7. The molecule has 1 aliphatic carbocycles. The van der Waals surface area contributed by atoms with E-state index in [0.29, 0.717) is 86.4 Å². The van der Waals surface area contributed by atoms with E-state index in [-0.39, 0.29) is 36.3 Å². The largest absolute Gasteiger partial charge is 0.460 e. The minimum absolute atomic E-state index is 0.0201. The molecule has 0 saturated carbocycles. The first-order chi connectivity index (χ1) is 41.7. The molecule has 3 unspecified atom stereocenters. The van der Waals surface area contributed by atoms with Gasteiger partial charge < -0.3 is 60.7 Å². The summed E-state index contributed by atoms with van der Waals surface area (Å²) >= 11 is 0. The molecule has 8 rings (SSSR count). The third-order valence-corrected chi connectivity index (χ3v) is 14.9. The number of halogens is 4. The molecule has 0 bridgehead atoms. The molecule has 4 aromatic rings. The maximum Gasteiger partial charge on any atom is 0.379 e. The topological polar surface area (TPSA) is 313 Å². The van der Waals surface area contributed by atoms with Gasteiger partial charge in [-0.25, -0.2) is 9.37 Å². The second kappa shape index (κ2) is 30.9. The van der Waals surface area contributed by atoms with Gasteiger partial charge in [-0.05, 0) is 108 Å². The number of carbonyl (C=O) groups excluding carboxylic acids is 9. The van der Waals surface area contributed by atoms with Crippen LogP contribution in [0.5, 0.6) is 0 Å². The Kier molecular flexibility index (Phi) is 24.1. The van der Waals surface area contributed by atoms with Crippen molar-refractivity contribution in [2.45, 2.75) is 123 Å². The summed E-state index contributed by atoms with van der Waals surface area (Å²) in [5.41, 5.74) is 5.02. The van der Waals surface area contributed by atoms with E-state index in [1.54, 1.807) is 55.0 Å². The van der Waals surface area contributed by atoms with Crippen molar-refractivity contribution < 1.29 is 79.7 Å². The van der Waals surface area contributed by atoms with Crippen molar-refractivity contribution in [1.82, 2.24) is 51.7 Å². The number of amides is 8. The monoisotopic (exact) mass is 1230 g/mol. The number of esters is 1. The first-order valence-electron chi connectivity index (χ1n) is 28.3. The zero-order valence-electron chi connectivity index (χ0n) is 50.2. The zero-order chi connectivity index (χ0) is 64.6. The van der Waals surface area contributed by atoms with Gasteiger partial charge in [-0.2, -0.15) is 13.2 Å². The van der Waals surface area contributed by atoms with Crippen molar-refractivity contribution in [1.29, 1.82) is 0 Å². The Bertz CT molecular complexity index is 3360. The van der Waals surface area contributed by atoms with Gasteiger partial charge in [0.15, 0.2) is 0 Å². The van der Waals surface area contributed by atoms with Crippen LogP contribution in [0.1, 0.15) is 105 Å². The number of imide groups is 1. The summed E-state index contributed by atoms with van der Waals surface area (Å²) in [5, 5.41) is 18.8. The lowest BCUT2D eigenvalue weighted by molar-refractivity contribution is -0.148. The van der Waals surface area contributed by atoms with Gasteiger partial charge in [-0.1, -0.05) is 37.3 Å². The van der Waals surface area contributed by atoms with Crippen LogP contribution < -0.4 is 42.8 Å². The molecule has 7 N–H and O–H groups in total. The third kappa shape index (κ3) is 18.3. The number of pyridine rings is 2. The van der Waals surface area contributed by atoms with Crippen LogP contribution in [0.2, 0.25) is 0 Å². The molecular formula is C60H74F4N10O14.